The number of carbonyl (C=O) groups excluding carboxylic acids is 1. The molecule has 4 heteroatoms. The van der Waals surface area contributed by atoms with Crippen molar-refractivity contribution in [2.24, 2.45) is 0 Å². The second-order valence-corrected chi connectivity index (χ2v) is 6.82. The molecule has 1 amide bonds. The first kappa shape index (κ1) is 15.3. The predicted molar refractivity (Wildman–Crippen MR) is 87.8 cm³/mol. The smallest absolute Gasteiger partial charge is 0.254 e. The molecule has 2 aromatic carbocycles. The zero-order valence-corrected chi connectivity index (χ0v) is 13.3. The Bertz CT molecular complexity index is 727. The number of hydrogen-bond donors (Lipinski definition) is 0. The summed E-state index contributed by atoms with van der Waals surface area (Å²) in [6.07, 6.45) is 3.84. The van der Waals surface area contributed by atoms with Crippen LogP contribution in [0.3, 0.4) is 0 Å². The first-order valence-corrected chi connectivity index (χ1v) is 8.45. The number of benzene rings is 2. The van der Waals surface area contributed by atoms with Gasteiger partial charge in [0.25, 0.3) is 5.91 Å². The van der Waals surface area contributed by atoms with Gasteiger partial charge < -0.3 is 4.90 Å². The molecule has 2 saturated heterocycles. The Kier molecular flexibility index (Phi) is 3.83. The van der Waals surface area contributed by atoms with E-state index in [1.54, 1.807) is 12.1 Å². The fourth-order valence-electron chi connectivity index (χ4n) is 4.26. The second kappa shape index (κ2) is 6.00. The maximum Gasteiger partial charge on any atom is 0.254 e. The third kappa shape index (κ3) is 2.70. The summed E-state index contributed by atoms with van der Waals surface area (Å²) in [7, 11) is 0. The van der Waals surface area contributed by atoms with Gasteiger partial charge in [0.2, 0.25) is 0 Å². The Hall–Kier alpha value is -2.23. The highest BCUT2D eigenvalue weighted by Gasteiger charge is 2.43. The van der Waals surface area contributed by atoms with Gasteiger partial charge in [0.1, 0.15) is 11.6 Å². The van der Waals surface area contributed by atoms with E-state index in [2.05, 4.69) is 0 Å². The molecule has 4 rings (SSSR count). The summed E-state index contributed by atoms with van der Waals surface area (Å²) in [5.41, 5.74) is 1.70. The van der Waals surface area contributed by atoms with Gasteiger partial charge in [-0.3, -0.25) is 4.79 Å². The lowest BCUT2D eigenvalue weighted by atomic mass is 9.85. The Morgan fingerprint density at radius 2 is 1.33 bits per heavy atom. The van der Waals surface area contributed by atoms with Crippen molar-refractivity contribution in [3.63, 3.8) is 0 Å². The quantitative estimate of drug-likeness (QED) is 0.794. The number of piperidine rings is 1. The number of nitrogens with zero attached hydrogens (tertiary/aromatic N) is 1. The summed E-state index contributed by atoms with van der Waals surface area (Å²) in [6, 6.07) is 13.0. The minimum atomic E-state index is -0.329. The molecule has 0 spiro atoms. The van der Waals surface area contributed by atoms with Crippen molar-refractivity contribution in [1.82, 2.24) is 4.90 Å². The lowest BCUT2D eigenvalue weighted by molar-refractivity contribution is 0.0571. The maximum absolute atomic E-state index is 13.1. The van der Waals surface area contributed by atoms with Crippen LogP contribution in [0.1, 0.15) is 47.5 Å². The average Bonchev–Trinajstić information content (AvgIpc) is 2.85. The van der Waals surface area contributed by atoms with Crippen LogP contribution in [0.5, 0.6) is 0 Å². The van der Waals surface area contributed by atoms with Crippen LogP contribution < -0.4 is 0 Å². The SMILES string of the molecule is O=C(c1ccc(F)cc1)N1[C@@H]2CC[C@H]1C[C@@H](c1ccc(F)cc1)C2. The number of halogens is 2. The van der Waals surface area contributed by atoms with E-state index in [4.69, 9.17) is 0 Å². The molecule has 0 radical (unpaired) electrons. The van der Waals surface area contributed by atoms with Crippen LogP contribution >= 0.6 is 0 Å². The summed E-state index contributed by atoms with van der Waals surface area (Å²) in [5, 5.41) is 0. The molecular weight excluding hydrogens is 308 g/mol. The number of carbonyl (C=O) groups is 1. The van der Waals surface area contributed by atoms with Crippen LogP contribution in [0.25, 0.3) is 0 Å². The molecule has 124 valence electrons. The fourth-order valence-corrected chi connectivity index (χ4v) is 4.26. The van der Waals surface area contributed by atoms with Crippen LogP contribution in [0.2, 0.25) is 0 Å². The van der Waals surface area contributed by atoms with Crippen LogP contribution in [-0.4, -0.2) is 22.9 Å². The minimum Gasteiger partial charge on any atom is -0.333 e. The number of hydrogen-bond acceptors (Lipinski definition) is 1. The van der Waals surface area contributed by atoms with E-state index in [-0.39, 0.29) is 29.6 Å². The molecule has 0 unspecified atom stereocenters. The predicted octanol–water partition coefficient (Wildman–Crippen LogP) is 4.52. The average molecular weight is 327 g/mol. The number of amides is 1. The molecule has 2 fully saturated rings. The van der Waals surface area contributed by atoms with Crippen molar-refractivity contribution in [2.45, 2.75) is 43.7 Å². The van der Waals surface area contributed by atoms with Crippen molar-refractivity contribution >= 4 is 5.91 Å². The molecule has 0 aliphatic carbocycles. The Morgan fingerprint density at radius 1 is 0.833 bits per heavy atom. The molecule has 2 aliphatic rings. The third-order valence-corrected chi connectivity index (χ3v) is 5.40. The molecule has 2 heterocycles. The minimum absolute atomic E-state index is 0.0000520. The highest BCUT2D eigenvalue weighted by atomic mass is 19.1. The second-order valence-electron chi connectivity index (χ2n) is 6.82. The first-order valence-electron chi connectivity index (χ1n) is 8.45. The summed E-state index contributed by atoms with van der Waals surface area (Å²) in [5.74, 6) is -0.171. The van der Waals surface area contributed by atoms with E-state index in [0.29, 0.717) is 11.5 Å². The van der Waals surface area contributed by atoms with Crippen molar-refractivity contribution in [3.8, 4) is 0 Å². The number of fused-ring (bicyclic) bond motifs is 2. The van der Waals surface area contributed by atoms with E-state index < -0.39 is 0 Å². The van der Waals surface area contributed by atoms with Gasteiger partial charge in [0.15, 0.2) is 0 Å². The third-order valence-electron chi connectivity index (χ3n) is 5.40. The van der Waals surface area contributed by atoms with Crippen molar-refractivity contribution in [3.05, 3.63) is 71.3 Å². The molecule has 2 nitrogen and oxygen atoms in total. The lowest BCUT2D eigenvalue weighted by Crippen LogP contribution is -2.46. The van der Waals surface area contributed by atoms with Crippen molar-refractivity contribution in [1.29, 1.82) is 0 Å². The molecule has 0 N–H and O–H groups in total. The molecule has 2 aromatic rings. The standard InChI is InChI=1S/C20H19F2NO/c21-16-5-1-13(2-6-16)15-11-18-9-10-19(12-15)23(18)20(24)14-3-7-17(22)8-4-14/h1-8,15,18-19H,9-12H2/t15-,18+,19-. The van der Waals surface area contributed by atoms with Gasteiger partial charge in [-0.2, -0.15) is 0 Å². The normalized spacial score (nSPS) is 25.8. The van der Waals surface area contributed by atoms with E-state index in [9.17, 15) is 13.6 Å². The first-order chi connectivity index (χ1) is 11.6. The van der Waals surface area contributed by atoms with Gasteiger partial charge in [-0.1, -0.05) is 12.1 Å². The monoisotopic (exact) mass is 327 g/mol. The molecule has 3 atom stereocenters. The fraction of sp³-hybridized carbons (Fsp3) is 0.350. The van der Waals surface area contributed by atoms with Gasteiger partial charge in [-0.25, -0.2) is 8.78 Å². The molecule has 2 bridgehead atoms. The van der Waals surface area contributed by atoms with Gasteiger partial charge in [-0.15, -0.1) is 0 Å². The molecule has 2 aliphatic heterocycles. The molecule has 0 aromatic heterocycles. The van der Waals surface area contributed by atoms with E-state index in [0.717, 1.165) is 31.2 Å². The van der Waals surface area contributed by atoms with Gasteiger partial charge in [-0.05, 0) is 73.6 Å². The van der Waals surface area contributed by atoms with E-state index >= 15 is 0 Å². The highest BCUT2D eigenvalue weighted by molar-refractivity contribution is 5.95. The maximum atomic E-state index is 13.1. The topological polar surface area (TPSA) is 20.3 Å². The molecule has 24 heavy (non-hydrogen) atoms. The van der Waals surface area contributed by atoms with Gasteiger partial charge in [0, 0.05) is 17.6 Å². The van der Waals surface area contributed by atoms with Gasteiger partial charge in [0.05, 0.1) is 0 Å². The van der Waals surface area contributed by atoms with Gasteiger partial charge >= 0.3 is 0 Å². The van der Waals surface area contributed by atoms with E-state index in [1.807, 2.05) is 17.0 Å². The van der Waals surface area contributed by atoms with Crippen LogP contribution in [0.15, 0.2) is 48.5 Å². The largest absolute Gasteiger partial charge is 0.333 e. The van der Waals surface area contributed by atoms with Crippen LogP contribution in [-0.2, 0) is 0 Å². The Balaban J connectivity index is 1.53. The number of rotatable bonds is 2. The zero-order valence-electron chi connectivity index (χ0n) is 13.3. The molecule has 0 saturated carbocycles. The lowest BCUT2D eigenvalue weighted by Gasteiger charge is -2.39. The van der Waals surface area contributed by atoms with Crippen LogP contribution in [0, 0.1) is 11.6 Å². The van der Waals surface area contributed by atoms with Crippen molar-refractivity contribution < 1.29 is 13.6 Å². The van der Waals surface area contributed by atoms with Crippen molar-refractivity contribution in [2.75, 3.05) is 0 Å². The summed E-state index contributed by atoms with van der Waals surface area (Å²) in [4.78, 5) is 14.8. The Morgan fingerprint density at radius 3 is 1.88 bits per heavy atom. The summed E-state index contributed by atoms with van der Waals surface area (Å²) < 4.78 is 26.2. The highest BCUT2D eigenvalue weighted by Crippen LogP contribution is 2.43. The zero-order chi connectivity index (χ0) is 16.7. The summed E-state index contributed by atoms with van der Waals surface area (Å²) in [6.45, 7) is 0. The van der Waals surface area contributed by atoms with E-state index in [1.165, 1.54) is 24.3 Å². The van der Waals surface area contributed by atoms with Crippen LogP contribution in [0.4, 0.5) is 8.78 Å². The summed E-state index contributed by atoms with van der Waals surface area (Å²) >= 11 is 0. The molecular formula is C20H19F2NO. The Labute approximate surface area is 140 Å².